The SMILES string of the molecule is Cc1cc(NC(=O)C2CC2)sc1C(=O)NCCCOC(C)c1ccccc1. The van der Waals surface area contributed by atoms with Crippen molar-refractivity contribution < 1.29 is 14.3 Å². The van der Waals surface area contributed by atoms with Gasteiger partial charge >= 0.3 is 0 Å². The van der Waals surface area contributed by atoms with Crippen molar-refractivity contribution in [3.63, 3.8) is 0 Å². The van der Waals surface area contributed by atoms with Gasteiger partial charge in [0, 0.05) is 19.1 Å². The number of rotatable bonds is 9. The monoisotopic (exact) mass is 386 g/mol. The van der Waals surface area contributed by atoms with Crippen molar-refractivity contribution in [2.45, 2.75) is 39.2 Å². The number of anilines is 1. The number of nitrogens with one attached hydrogen (secondary N) is 2. The number of hydrogen-bond acceptors (Lipinski definition) is 4. The van der Waals surface area contributed by atoms with Crippen molar-refractivity contribution in [3.05, 3.63) is 52.4 Å². The van der Waals surface area contributed by atoms with Crippen LogP contribution in [-0.2, 0) is 9.53 Å². The highest BCUT2D eigenvalue weighted by Gasteiger charge is 2.30. The van der Waals surface area contributed by atoms with Gasteiger partial charge in [-0.2, -0.15) is 0 Å². The maximum absolute atomic E-state index is 12.4. The molecule has 1 unspecified atom stereocenters. The van der Waals surface area contributed by atoms with Gasteiger partial charge in [-0.1, -0.05) is 30.3 Å². The van der Waals surface area contributed by atoms with Crippen LogP contribution < -0.4 is 10.6 Å². The molecule has 1 heterocycles. The molecule has 2 amide bonds. The quantitative estimate of drug-likeness (QED) is 0.631. The first kappa shape index (κ1) is 19.6. The number of thiophene rings is 1. The Balaban J connectivity index is 1.39. The zero-order chi connectivity index (χ0) is 19.2. The molecule has 1 fully saturated rings. The second kappa shape index (κ2) is 9.15. The molecule has 0 spiro atoms. The molecule has 1 aliphatic carbocycles. The topological polar surface area (TPSA) is 67.4 Å². The molecule has 5 nitrogen and oxygen atoms in total. The number of carbonyl (C=O) groups excluding carboxylic acids is 2. The first-order valence-corrected chi connectivity index (χ1v) is 10.2. The lowest BCUT2D eigenvalue weighted by Gasteiger charge is -2.13. The highest BCUT2D eigenvalue weighted by atomic mass is 32.1. The van der Waals surface area contributed by atoms with Crippen LogP contribution in [0.2, 0.25) is 0 Å². The van der Waals surface area contributed by atoms with Gasteiger partial charge in [0.05, 0.1) is 16.0 Å². The summed E-state index contributed by atoms with van der Waals surface area (Å²) >= 11 is 1.33. The molecule has 3 rings (SSSR count). The molecule has 6 heteroatoms. The van der Waals surface area contributed by atoms with Crippen LogP contribution in [0.15, 0.2) is 36.4 Å². The first-order valence-electron chi connectivity index (χ1n) is 9.40. The Morgan fingerprint density at radius 2 is 2.00 bits per heavy atom. The minimum Gasteiger partial charge on any atom is -0.374 e. The summed E-state index contributed by atoms with van der Waals surface area (Å²) in [6.45, 7) is 5.06. The minimum absolute atomic E-state index is 0.0408. The number of benzene rings is 1. The third-order valence-corrected chi connectivity index (χ3v) is 5.71. The molecule has 1 saturated carbocycles. The molecule has 1 aromatic carbocycles. The van der Waals surface area contributed by atoms with Crippen LogP contribution in [0, 0.1) is 12.8 Å². The summed E-state index contributed by atoms with van der Waals surface area (Å²) in [7, 11) is 0. The van der Waals surface area contributed by atoms with Gasteiger partial charge in [-0.05, 0) is 50.3 Å². The summed E-state index contributed by atoms with van der Waals surface area (Å²) in [5, 5.41) is 6.58. The summed E-state index contributed by atoms with van der Waals surface area (Å²) in [5.41, 5.74) is 2.04. The second-order valence-electron chi connectivity index (χ2n) is 6.92. The van der Waals surface area contributed by atoms with Crippen LogP contribution in [0.5, 0.6) is 0 Å². The second-order valence-corrected chi connectivity index (χ2v) is 7.97. The van der Waals surface area contributed by atoms with Crippen LogP contribution in [-0.4, -0.2) is 25.0 Å². The van der Waals surface area contributed by atoms with Gasteiger partial charge in [0.15, 0.2) is 0 Å². The van der Waals surface area contributed by atoms with Crippen molar-refractivity contribution in [2.24, 2.45) is 5.92 Å². The van der Waals surface area contributed by atoms with Crippen molar-refractivity contribution in [1.29, 1.82) is 0 Å². The van der Waals surface area contributed by atoms with Crippen molar-refractivity contribution in [3.8, 4) is 0 Å². The number of amides is 2. The van der Waals surface area contributed by atoms with Crippen molar-refractivity contribution in [2.75, 3.05) is 18.5 Å². The van der Waals surface area contributed by atoms with Gasteiger partial charge in [-0.15, -0.1) is 11.3 Å². The largest absolute Gasteiger partial charge is 0.374 e. The Kier molecular flexibility index (Phi) is 6.63. The van der Waals surface area contributed by atoms with Gasteiger partial charge in [-0.25, -0.2) is 0 Å². The van der Waals surface area contributed by atoms with E-state index in [0.29, 0.717) is 18.0 Å². The van der Waals surface area contributed by atoms with Crippen LogP contribution in [0.4, 0.5) is 5.00 Å². The van der Waals surface area contributed by atoms with E-state index in [1.54, 1.807) is 0 Å². The highest BCUT2D eigenvalue weighted by molar-refractivity contribution is 7.18. The Bertz CT molecular complexity index is 784. The lowest BCUT2D eigenvalue weighted by Crippen LogP contribution is -2.25. The summed E-state index contributed by atoms with van der Waals surface area (Å²) in [4.78, 5) is 24.9. The third kappa shape index (κ3) is 5.65. The predicted octanol–water partition coefficient (Wildman–Crippen LogP) is 4.30. The Labute approximate surface area is 164 Å². The van der Waals surface area contributed by atoms with E-state index in [1.165, 1.54) is 11.3 Å². The van der Waals surface area contributed by atoms with Gasteiger partial charge in [0.25, 0.3) is 5.91 Å². The molecular formula is C21H26N2O3S. The lowest BCUT2D eigenvalue weighted by atomic mass is 10.1. The maximum Gasteiger partial charge on any atom is 0.261 e. The number of ether oxygens (including phenoxy) is 1. The van der Waals surface area contributed by atoms with E-state index in [2.05, 4.69) is 10.6 Å². The summed E-state index contributed by atoms with van der Waals surface area (Å²) in [6, 6.07) is 11.9. The molecule has 144 valence electrons. The predicted molar refractivity (Wildman–Crippen MR) is 108 cm³/mol. The van der Waals surface area contributed by atoms with E-state index in [4.69, 9.17) is 4.74 Å². The fourth-order valence-electron chi connectivity index (χ4n) is 2.77. The fraction of sp³-hybridized carbons (Fsp3) is 0.429. The van der Waals surface area contributed by atoms with Gasteiger partial charge < -0.3 is 15.4 Å². The van der Waals surface area contributed by atoms with E-state index in [1.807, 2.05) is 50.2 Å². The van der Waals surface area contributed by atoms with Gasteiger partial charge in [-0.3, -0.25) is 9.59 Å². The standard InChI is InChI=1S/C21H26N2O3S/c1-14-13-18(23-20(24)17-9-10-17)27-19(14)21(25)22-11-6-12-26-15(2)16-7-4-3-5-8-16/h3-5,7-8,13,15,17H,6,9-12H2,1-2H3,(H,22,25)(H,23,24). The van der Waals surface area contributed by atoms with E-state index >= 15 is 0 Å². The lowest BCUT2D eigenvalue weighted by molar-refractivity contribution is -0.117. The molecule has 0 radical (unpaired) electrons. The maximum atomic E-state index is 12.4. The third-order valence-electron chi connectivity index (χ3n) is 4.56. The molecule has 0 saturated heterocycles. The Hall–Kier alpha value is -2.18. The molecule has 1 aliphatic rings. The smallest absolute Gasteiger partial charge is 0.261 e. The van der Waals surface area contributed by atoms with E-state index < -0.39 is 0 Å². The van der Waals surface area contributed by atoms with Gasteiger partial charge in [0.1, 0.15) is 0 Å². The Morgan fingerprint density at radius 3 is 2.70 bits per heavy atom. The van der Waals surface area contributed by atoms with Crippen molar-refractivity contribution in [1.82, 2.24) is 5.32 Å². The minimum atomic E-state index is -0.0967. The van der Waals surface area contributed by atoms with Crippen LogP contribution >= 0.6 is 11.3 Å². The fourth-order valence-corrected chi connectivity index (χ4v) is 3.76. The van der Waals surface area contributed by atoms with E-state index in [0.717, 1.165) is 35.4 Å². The Morgan fingerprint density at radius 1 is 1.26 bits per heavy atom. The number of hydrogen-bond donors (Lipinski definition) is 2. The zero-order valence-corrected chi connectivity index (χ0v) is 16.6. The molecule has 27 heavy (non-hydrogen) atoms. The summed E-state index contributed by atoms with van der Waals surface area (Å²) < 4.78 is 5.82. The summed E-state index contributed by atoms with van der Waals surface area (Å²) in [5.74, 6) is 0.122. The molecule has 2 aromatic rings. The molecule has 1 aromatic heterocycles. The first-order chi connectivity index (χ1) is 13.0. The van der Waals surface area contributed by atoms with Crippen molar-refractivity contribution >= 4 is 28.2 Å². The molecule has 0 bridgehead atoms. The molecule has 0 aliphatic heterocycles. The number of carbonyl (C=O) groups is 2. The molecular weight excluding hydrogens is 360 g/mol. The highest BCUT2D eigenvalue weighted by Crippen LogP contribution is 2.32. The summed E-state index contributed by atoms with van der Waals surface area (Å²) in [6.07, 6.45) is 2.72. The number of aryl methyl sites for hydroxylation is 1. The van der Waals surface area contributed by atoms with Crippen LogP contribution in [0.1, 0.15) is 53.1 Å². The van der Waals surface area contributed by atoms with E-state index in [-0.39, 0.29) is 23.8 Å². The average molecular weight is 387 g/mol. The average Bonchev–Trinajstić information content (AvgIpc) is 3.45. The van der Waals surface area contributed by atoms with Gasteiger partial charge in [0.2, 0.25) is 5.91 Å². The zero-order valence-electron chi connectivity index (χ0n) is 15.8. The van der Waals surface area contributed by atoms with Crippen LogP contribution in [0.25, 0.3) is 0 Å². The molecule has 2 N–H and O–H groups in total. The molecule has 1 atom stereocenters. The van der Waals surface area contributed by atoms with E-state index in [9.17, 15) is 9.59 Å². The van der Waals surface area contributed by atoms with Crippen LogP contribution in [0.3, 0.4) is 0 Å². The normalized spacial score (nSPS) is 14.6.